The summed E-state index contributed by atoms with van der Waals surface area (Å²) in [7, 11) is 0. The SMILES string of the molecule is Cc1occc1C(=O)N/N=C1\CCCc2oc(C(=O)Nc3ccccn3)c(C)c21. The first kappa shape index (κ1) is 18.7. The molecule has 0 spiro atoms. The van der Waals surface area contributed by atoms with Crippen LogP contribution >= 0.6 is 0 Å². The molecule has 3 heterocycles. The Kier molecular flexibility index (Phi) is 4.99. The fourth-order valence-corrected chi connectivity index (χ4v) is 3.41. The van der Waals surface area contributed by atoms with Crippen molar-refractivity contribution in [2.24, 2.45) is 5.10 Å². The second-order valence-corrected chi connectivity index (χ2v) is 6.77. The van der Waals surface area contributed by atoms with Gasteiger partial charge in [0.05, 0.1) is 17.5 Å². The van der Waals surface area contributed by atoms with Crippen molar-refractivity contribution in [3.63, 3.8) is 0 Å². The molecular weight excluding hydrogens is 372 g/mol. The molecule has 0 aliphatic heterocycles. The maximum absolute atomic E-state index is 12.7. The fraction of sp³-hybridized carbons (Fsp3) is 0.238. The number of pyridine rings is 1. The summed E-state index contributed by atoms with van der Waals surface area (Å²) in [5, 5.41) is 7.04. The highest BCUT2D eigenvalue weighted by Gasteiger charge is 2.28. The Morgan fingerprint density at radius 3 is 2.72 bits per heavy atom. The molecule has 3 aromatic heterocycles. The minimum absolute atomic E-state index is 0.229. The molecule has 3 aromatic rings. The first-order valence-electron chi connectivity index (χ1n) is 9.30. The van der Waals surface area contributed by atoms with Crippen LogP contribution in [0.3, 0.4) is 0 Å². The van der Waals surface area contributed by atoms with E-state index in [1.165, 1.54) is 6.26 Å². The van der Waals surface area contributed by atoms with Crippen LogP contribution in [0, 0.1) is 13.8 Å². The van der Waals surface area contributed by atoms with Gasteiger partial charge in [0.25, 0.3) is 11.8 Å². The number of nitrogens with one attached hydrogen (secondary N) is 2. The van der Waals surface area contributed by atoms with Gasteiger partial charge in [-0.1, -0.05) is 6.07 Å². The Balaban J connectivity index is 1.58. The molecule has 2 N–H and O–H groups in total. The molecule has 0 unspecified atom stereocenters. The second-order valence-electron chi connectivity index (χ2n) is 6.77. The number of furan rings is 2. The zero-order chi connectivity index (χ0) is 20.4. The minimum atomic E-state index is -0.368. The van der Waals surface area contributed by atoms with Gasteiger partial charge in [0.1, 0.15) is 17.3 Å². The molecule has 0 atom stereocenters. The van der Waals surface area contributed by atoms with E-state index in [9.17, 15) is 9.59 Å². The number of anilines is 1. The lowest BCUT2D eigenvalue weighted by Crippen LogP contribution is -2.22. The van der Waals surface area contributed by atoms with Gasteiger partial charge in [0.2, 0.25) is 0 Å². The summed E-state index contributed by atoms with van der Waals surface area (Å²) < 4.78 is 11.0. The largest absolute Gasteiger partial charge is 0.469 e. The van der Waals surface area contributed by atoms with E-state index in [-0.39, 0.29) is 17.6 Å². The summed E-state index contributed by atoms with van der Waals surface area (Å²) in [5.74, 6) is 1.20. The van der Waals surface area contributed by atoms with Crippen LogP contribution in [0.15, 0.2) is 50.7 Å². The van der Waals surface area contributed by atoms with E-state index in [1.807, 2.05) is 6.92 Å². The number of fused-ring (bicyclic) bond motifs is 1. The Bertz CT molecular complexity index is 1100. The zero-order valence-corrected chi connectivity index (χ0v) is 16.1. The lowest BCUT2D eigenvalue weighted by atomic mass is 9.93. The van der Waals surface area contributed by atoms with Gasteiger partial charge in [0, 0.05) is 23.7 Å². The number of rotatable bonds is 4. The predicted octanol–water partition coefficient (Wildman–Crippen LogP) is 3.61. The highest BCUT2D eigenvalue weighted by Crippen LogP contribution is 2.30. The Hall–Kier alpha value is -3.68. The number of aromatic nitrogens is 1. The smallest absolute Gasteiger partial charge is 0.292 e. The van der Waals surface area contributed by atoms with E-state index >= 15 is 0 Å². The molecule has 1 aliphatic carbocycles. The van der Waals surface area contributed by atoms with E-state index in [0.717, 1.165) is 12.0 Å². The standard InChI is InChI=1S/C21H20N4O4/c1-12-18-15(24-25-20(26)14-9-11-28-13(14)2)6-5-7-16(18)29-19(12)21(27)23-17-8-3-4-10-22-17/h3-4,8-11H,5-7H2,1-2H3,(H,25,26)(H,22,23,27)/b24-15+. The third kappa shape index (κ3) is 3.69. The molecule has 8 nitrogen and oxygen atoms in total. The number of hydrogen-bond acceptors (Lipinski definition) is 6. The van der Waals surface area contributed by atoms with Crippen LogP contribution in [-0.4, -0.2) is 22.5 Å². The fourth-order valence-electron chi connectivity index (χ4n) is 3.41. The van der Waals surface area contributed by atoms with Gasteiger partial charge < -0.3 is 14.2 Å². The van der Waals surface area contributed by atoms with Crippen LogP contribution in [0.5, 0.6) is 0 Å². The first-order chi connectivity index (χ1) is 14.0. The van der Waals surface area contributed by atoms with Crippen molar-refractivity contribution < 1.29 is 18.4 Å². The van der Waals surface area contributed by atoms with Crippen LogP contribution in [-0.2, 0) is 6.42 Å². The Labute approximate surface area is 167 Å². The summed E-state index contributed by atoms with van der Waals surface area (Å²) in [5.41, 5.74) is 5.19. The molecule has 4 rings (SSSR count). The quantitative estimate of drug-likeness (QED) is 0.659. The number of nitrogens with zero attached hydrogens (tertiary/aromatic N) is 2. The molecule has 1 aliphatic rings. The molecule has 0 fully saturated rings. The van der Waals surface area contributed by atoms with Crippen molar-refractivity contribution in [2.45, 2.75) is 33.1 Å². The number of aryl methyl sites for hydroxylation is 2. The van der Waals surface area contributed by atoms with Crippen molar-refractivity contribution >= 4 is 23.3 Å². The average molecular weight is 392 g/mol. The zero-order valence-electron chi connectivity index (χ0n) is 16.1. The van der Waals surface area contributed by atoms with Gasteiger partial charge in [-0.05, 0) is 44.9 Å². The second kappa shape index (κ2) is 7.75. The molecular formula is C21H20N4O4. The number of hydrazone groups is 1. The normalized spacial score (nSPS) is 14.5. The number of amides is 2. The maximum Gasteiger partial charge on any atom is 0.292 e. The van der Waals surface area contributed by atoms with Gasteiger partial charge in [-0.25, -0.2) is 10.4 Å². The van der Waals surface area contributed by atoms with Gasteiger partial charge in [0.15, 0.2) is 5.76 Å². The van der Waals surface area contributed by atoms with Crippen molar-refractivity contribution in [3.05, 3.63) is 70.7 Å². The monoisotopic (exact) mass is 392 g/mol. The summed E-state index contributed by atoms with van der Waals surface area (Å²) in [6.45, 7) is 3.53. The Morgan fingerprint density at radius 2 is 2.00 bits per heavy atom. The molecule has 0 aromatic carbocycles. The summed E-state index contributed by atoms with van der Waals surface area (Å²) in [6.07, 6.45) is 5.27. The average Bonchev–Trinajstić information content (AvgIpc) is 3.30. The number of hydrogen-bond donors (Lipinski definition) is 2. The third-order valence-electron chi connectivity index (χ3n) is 4.83. The molecule has 2 amide bonds. The molecule has 0 saturated heterocycles. The summed E-state index contributed by atoms with van der Waals surface area (Å²) >= 11 is 0. The van der Waals surface area contributed by atoms with E-state index in [1.54, 1.807) is 37.4 Å². The lowest BCUT2D eigenvalue weighted by Gasteiger charge is -2.13. The van der Waals surface area contributed by atoms with E-state index in [4.69, 9.17) is 8.83 Å². The lowest BCUT2D eigenvalue weighted by molar-refractivity contribution is 0.0952. The maximum atomic E-state index is 12.7. The van der Waals surface area contributed by atoms with Crippen molar-refractivity contribution in [1.29, 1.82) is 0 Å². The predicted molar refractivity (Wildman–Crippen MR) is 106 cm³/mol. The van der Waals surface area contributed by atoms with Gasteiger partial charge in [-0.15, -0.1) is 0 Å². The van der Waals surface area contributed by atoms with Crippen LogP contribution in [0.2, 0.25) is 0 Å². The van der Waals surface area contributed by atoms with Crippen LogP contribution in [0.1, 0.15) is 56.4 Å². The van der Waals surface area contributed by atoms with Gasteiger partial charge in [-0.3, -0.25) is 9.59 Å². The van der Waals surface area contributed by atoms with E-state index < -0.39 is 0 Å². The third-order valence-corrected chi connectivity index (χ3v) is 4.83. The van der Waals surface area contributed by atoms with Crippen molar-refractivity contribution in [1.82, 2.24) is 10.4 Å². The van der Waals surface area contributed by atoms with Crippen LogP contribution in [0.25, 0.3) is 0 Å². The first-order valence-corrected chi connectivity index (χ1v) is 9.30. The molecule has 0 saturated carbocycles. The summed E-state index contributed by atoms with van der Waals surface area (Å²) in [6, 6.07) is 6.86. The van der Waals surface area contributed by atoms with E-state index in [2.05, 4.69) is 20.8 Å². The molecule has 148 valence electrons. The molecule has 8 heteroatoms. The number of carbonyl (C=O) groups excluding carboxylic acids is 2. The number of carbonyl (C=O) groups is 2. The molecule has 0 bridgehead atoms. The van der Waals surface area contributed by atoms with Gasteiger partial charge >= 0.3 is 0 Å². The highest BCUT2D eigenvalue weighted by atomic mass is 16.4. The highest BCUT2D eigenvalue weighted by molar-refractivity contribution is 6.09. The van der Waals surface area contributed by atoms with Crippen molar-refractivity contribution in [3.8, 4) is 0 Å². The van der Waals surface area contributed by atoms with Crippen molar-refractivity contribution in [2.75, 3.05) is 5.32 Å². The molecule has 0 radical (unpaired) electrons. The minimum Gasteiger partial charge on any atom is -0.469 e. The van der Waals surface area contributed by atoms with Gasteiger partial charge in [-0.2, -0.15) is 5.10 Å². The Morgan fingerprint density at radius 1 is 1.14 bits per heavy atom. The summed E-state index contributed by atoms with van der Waals surface area (Å²) in [4.78, 5) is 29.1. The topological polar surface area (TPSA) is 110 Å². The molecule has 29 heavy (non-hydrogen) atoms. The van der Waals surface area contributed by atoms with Crippen LogP contribution in [0.4, 0.5) is 5.82 Å². The van der Waals surface area contributed by atoms with Crippen LogP contribution < -0.4 is 10.7 Å². The van der Waals surface area contributed by atoms with E-state index in [0.29, 0.717) is 47.0 Å².